The second-order valence-corrected chi connectivity index (χ2v) is 9.53. The molecule has 2 atom stereocenters. The number of hydrogen-bond acceptors (Lipinski definition) is 4. The van der Waals surface area contributed by atoms with Gasteiger partial charge in [-0.2, -0.15) is 13.2 Å². The highest BCUT2D eigenvalue weighted by Gasteiger charge is 2.42. The zero-order valence-corrected chi connectivity index (χ0v) is 19.9. The van der Waals surface area contributed by atoms with Gasteiger partial charge < -0.3 is 10.2 Å². The number of aromatic nitrogens is 1. The van der Waals surface area contributed by atoms with E-state index in [0.29, 0.717) is 25.2 Å². The molecule has 0 spiro atoms. The van der Waals surface area contributed by atoms with Crippen LogP contribution in [0, 0.1) is 5.92 Å². The summed E-state index contributed by atoms with van der Waals surface area (Å²) in [6, 6.07) is 17.8. The Bertz CT molecular complexity index is 1190. The minimum absolute atomic E-state index is 0.104. The van der Waals surface area contributed by atoms with E-state index in [1.807, 2.05) is 30.3 Å². The van der Waals surface area contributed by atoms with Crippen LogP contribution in [0.25, 0.3) is 0 Å². The number of nitrogens with one attached hydrogen (secondary N) is 1. The number of nitrogens with zero attached hydrogens (tertiary/aromatic N) is 3. The van der Waals surface area contributed by atoms with Crippen LogP contribution in [-0.2, 0) is 30.4 Å². The first-order valence-corrected chi connectivity index (χ1v) is 12.3. The molecule has 3 heterocycles. The van der Waals surface area contributed by atoms with Crippen molar-refractivity contribution in [2.45, 2.75) is 31.6 Å². The number of halogens is 3. The van der Waals surface area contributed by atoms with Crippen molar-refractivity contribution in [1.82, 2.24) is 15.2 Å². The highest BCUT2D eigenvalue weighted by atomic mass is 19.4. The average molecular weight is 495 g/mol. The summed E-state index contributed by atoms with van der Waals surface area (Å²) in [6.07, 6.45) is 0.151. The number of carbonyl (C=O) groups is 1. The Hall–Kier alpha value is -3.39. The molecule has 36 heavy (non-hydrogen) atoms. The number of fused-ring (bicyclic) bond motifs is 3. The first-order chi connectivity index (χ1) is 17.4. The minimum Gasteiger partial charge on any atom is -0.365 e. The normalized spacial score (nSPS) is 19.9. The van der Waals surface area contributed by atoms with E-state index >= 15 is 0 Å². The minimum atomic E-state index is -4.42. The van der Waals surface area contributed by atoms with Crippen LogP contribution in [0.4, 0.5) is 18.9 Å². The molecule has 0 aliphatic carbocycles. The molecule has 1 saturated heterocycles. The second-order valence-electron chi connectivity index (χ2n) is 9.53. The molecule has 8 heteroatoms. The maximum Gasteiger partial charge on any atom is 0.416 e. The van der Waals surface area contributed by atoms with E-state index in [1.165, 1.54) is 11.6 Å². The number of benzene rings is 2. The summed E-state index contributed by atoms with van der Waals surface area (Å²) in [4.78, 5) is 22.0. The molecule has 188 valence electrons. The highest BCUT2D eigenvalue weighted by Crippen LogP contribution is 2.39. The Morgan fingerprint density at radius 3 is 2.58 bits per heavy atom. The largest absolute Gasteiger partial charge is 0.416 e. The zero-order valence-electron chi connectivity index (χ0n) is 19.9. The van der Waals surface area contributed by atoms with Crippen LogP contribution < -0.4 is 10.2 Å². The summed E-state index contributed by atoms with van der Waals surface area (Å²) in [6.45, 7) is 3.37. The van der Waals surface area contributed by atoms with Crippen LogP contribution in [0.1, 0.15) is 22.3 Å². The second kappa shape index (κ2) is 10.3. The molecule has 0 radical (unpaired) electrons. The van der Waals surface area contributed by atoms with E-state index in [0.717, 1.165) is 36.8 Å². The molecule has 5 rings (SSSR count). The Morgan fingerprint density at radius 2 is 1.83 bits per heavy atom. The lowest BCUT2D eigenvalue weighted by atomic mass is 9.82. The lowest BCUT2D eigenvalue weighted by Crippen LogP contribution is -2.61. The van der Waals surface area contributed by atoms with Gasteiger partial charge in [0.25, 0.3) is 0 Å². The molecule has 1 aromatic heterocycles. The smallest absolute Gasteiger partial charge is 0.365 e. The van der Waals surface area contributed by atoms with E-state index in [2.05, 4.69) is 32.2 Å². The average Bonchev–Trinajstić information content (AvgIpc) is 2.90. The van der Waals surface area contributed by atoms with E-state index < -0.39 is 17.7 Å². The number of piperazine rings is 1. The predicted octanol–water partition coefficient (Wildman–Crippen LogP) is 4.32. The zero-order chi connectivity index (χ0) is 25.1. The Balaban J connectivity index is 1.36. The van der Waals surface area contributed by atoms with Crippen molar-refractivity contribution in [3.8, 4) is 0 Å². The highest BCUT2D eigenvalue weighted by molar-refractivity contribution is 5.82. The maximum atomic E-state index is 13.4. The van der Waals surface area contributed by atoms with Crippen molar-refractivity contribution in [3.05, 3.63) is 95.3 Å². The van der Waals surface area contributed by atoms with Gasteiger partial charge in [0, 0.05) is 50.8 Å². The number of amides is 1. The SMILES string of the molecule is O=C(NCc1cccnc1)[C@@H]1Cc2cc(C(F)(F)F)ccc2N2CCN(CCc3ccccc3)C[C@@H]12. The quantitative estimate of drug-likeness (QED) is 0.555. The van der Waals surface area contributed by atoms with Gasteiger partial charge in [-0.3, -0.25) is 14.7 Å². The third kappa shape index (κ3) is 5.38. The van der Waals surface area contributed by atoms with E-state index in [4.69, 9.17) is 0 Å². The maximum absolute atomic E-state index is 13.4. The molecule has 5 nitrogen and oxygen atoms in total. The Kier molecular flexibility index (Phi) is 6.96. The van der Waals surface area contributed by atoms with Crippen LogP contribution in [0.2, 0.25) is 0 Å². The van der Waals surface area contributed by atoms with Gasteiger partial charge in [0.15, 0.2) is 0 Å². The number of pyridine rings is 1. The van der Waals surface area contributed by atoms with Gasteiger partial charge in [-0.05, 0) is 53.8 Å². The van der Waals surface area contributed by atoms with Gasteiger partial charge in [-0.25, -0.2) is 0 Å². The molecule has 2 aliphatic rings. The first kappa shape index (κ1) is 24.3. The van der Waals surface area contributed by atoms with Crippen LogP contribution in [0.15, 0.2) is 73.1 Å². The summed E-state index contributed by atoms with van der Waals surface area (Å²) in [5.41, 5.74) is 2.87. The molecule has 0 bridgehead atoms. The van der Waals surface area contributed by atoms with Crippen molar-refractivity contribution in [1.29, 1.82) is 0 Å². The molecule has 0 unspecified atom stereocenters. The van der Waals surface area contributed by atoms with E-state index in [9.17, 15) is 18.0 Å². The molecule has 3 aromatic rings. The first-order valence-electron chi connectivity index (χ1n) is 12.3. The molecule has 1 N–H and O–H groups in total. The predicted molar refractivity (Wildman–Crippen MR) is 132 cm³/mol. The topological polar surface area (TPSA) is 48.5 Å². The number of rotatable bonds is 6. The lowest BCUT2D eigenvalue weighted by molar-refractivity contribution is -0.137. The van der Waals surface area contributed by atoms with Crippen molar-refractivity contribution in [3.63, 3.8) is 0 Å². The van der Waals surface area contributed by atoms with Crippen molar-refractivity contribution in [2.75, 3.05) is 31.1 Å². The number of anilines is 1. The van der Waals surface area contributed by atoms with Crippen LogP contribution >= 0.6 is 0 Å². The Labute approximate surface area is 208 Å². The Morgan fingerprint density at radius 1 is 1.03 bits per heavy atom. The van der Waals surface area contributed by atoms with Crippen LogP contribution in [0.5, 0.6) is 0 Å². The molecule has 2 aliphatic heterocycles. The van der Waals surface area contributed by atoms with Crippen molar-refractivity contribution < 1.29 is 18.0 Å². The summed E-state index contributed by atoms with van der Waals surface area (Å²) in [7, 11) is 0. The fourth-order valence-electron chi connectivity index (χ4n) is 5.32. The van der Waals surface area contributed by atoms with E-state index in [1.54, 1.807) is 18.5 Å². The summed E-state index contributed by atoms with van der Waals surface area (Å²) < 4.78 is 40.3. The molecule has 2 aromatic carbocycles. The molecule has 1 fully saturated rings. The van der Waals surface area contributed by atoms with Gasteiger partial charge in [0.1, 0.15) is 0 Å². The summed E-state index contributed by atoms with van der Waals surface area (Å²) in [5, 5.41) is 3.00. The third-order valence-electron chi connectivity index (χ3n) is 7.21. The van der Waals surface area contributed by atoms with Crippen molar-refractivity contribution >= 4 is 11.6 Å². The number of carbonyl (C=O) groups excluding carboxylic acids is 1. The lowest BCUT2D eigenvalue weighted by Gasteiger charge is -2.49. The van der Waals surface area contributed by atoms with Crippen LogP contribution in [-0.4, -0.2) is 48.0 Å². The van der Waals surface area contributed by atoms with Gasteiger partial charge in [-0.15, -0.1) is 0 Å². The fraction of sp³-hybridized carbons (Fsp3) is 0.357. The van der Waals surface area contributed by atoms with Gasteiger partial charge in [0.2, 0.25) is 5.91 Å². The molecular formula is C28H29F3N4O. The summed E-state index contributed by atoms with van der Waals surface area (Å²) in [5.74, 6) is -0.584. The number of hydrogen-bond donors (Lipinski definition) is 1. The van der Waals surface area contributed by atoms with Gasteiger partial charge in [-0.1, -0.05) is 36.4 Å². The van der Waals surface area contributed by atoms with E-state index in [-0.39, 0.29) is 18.4 Å². The standard InChI is InChI=1S/C28H29F3N4O/c29-28(30,31)23-8-9-25-22(15-23)16-24(27(36)33-18-21-7-4-11-32-17-21)26-19-34(13-14-35(25)26)12-10-20-5-2-1-3-6-20/h1-9,11,15,17,24,26H,10,12-14,16,18-19H2,(H,33,36)/t24-,26+/m1/s1. The van der Waals surface area contributed by atoms with Crippen molar-refractivity contribution in [2.24, 2.45) is 5.92 Å². The molecular weight excluding hydrogens is 465 g/mol. The number of alkyl halides is 3. The fourth-order valence-corrected chi connectivity index (χ4v) is 5.32. The summed E-state index contributed by atoms with van der Waals surface area (Å²) >= 11 is 0. The third-order valence-corrected chi connectivity index (χ3v) is 7.21. The molecule has 0 saturated carbocycles. The van der Waals surface area contributed by atoms with Crippen LogP contribution in [0.3, 0.4) is 0 Å². The van der Waals surface area contributed by atoms with Gasteiger partial charge >= 0.3 is 6.18 Å². The monoisotopic (exact) mass is 494 g/mol. The van der Waals surface area contributed by atoms with Gasteiger partial charge in [0.05, 0.1) is 17.5 Å². The molecule has 1 amide bonds.